The third kappa shape index (κ3) is 4.12. The van der Waals surface area contributed by atoms with E-state index >= 15 is 0 Å². The Balaban J connectivity index is 1.79. The molecular formula is C17H19ClN4OS2. The Morgan fingerprint density at radius 1 is 1.24 bits per heavy atom. The van der Waals surface area contributed by atoms with Crippen LogP contribution in [0.15, 0.2) is 36.4 Å². The zero-order valence-corrected chi connectivity index (χ0v) is 16.7. The highest BCUT2D eigenvalue weighted by molar-refractivity contribution is 7.71. The fourth-order valence-corrected chi connectivity index (χ4v) is 3.91. The lowest BCUT2D eigenvalue weighted by Gasteiger charge is -2.15. The summed E-state index contributed by atoms with van der Waals surface area (Å²) in [6.45, 7) is 1.41. The molecule has 5 nitrogen and oxygen atoms in total. The minimum absolute atomic E-state index is 0.609. The van der Waals surface area contributed by atoms with Gasteiger partial charge in [0.05, 0.1) is 18.1 Å². The number of methoxy groups -OCH3 is 1. The Morgan fingerprint density at radius 2 is 1.96 bits per heavy atom. The Kier molecular flexibility index (Phi) is 5.58. The maximum atomic E-state index is 6.00. The van der Waals surface area contributed by atoms with Crippen LogP contribution in [0.3, 0.4) is 0 Å². The average molecular weight is 395 g/mol. The second kappa shape index (κ2) is 7.70. The number of halogens is 1. The van der Waals surface area contributed by atoms with Crippen LogP contribution >= 0.6 is 35.2 Å². The molecule has 0 N–H and O–H groups in total. The summed E-state index contributed by atoms with van der Waals surface area (Å²) in [5, 5.41) is 4.69. The fourth-order valence-electron chi connectivity index (χ4n) is 2.55. The van der Waals surface area contributed by atoms with Crippen LogP contribution in [0.5, 0.6) is 5.75 Å². The molecule has 1 aromatic carbocycles. The van der Waals surface area contributed by atoms with E-state index in [-0.39, 0.29) is 0 Å². The molecule has 0 spiro atoms. The van der Waals surface area contributed by atoms with Crippen LogP contribution in [-0.2, 0) is 20.3 Å². The topological polar surface area (TPSA) is 35.2 Å². The van der Waals surface area contributed by atoms with E-state index in [1.54, 1.807) is 18.4 Å². The number of benzene rings is 1. The smallest absolute Gasteiger partial charge is 0.199 e. The molecule has 0 aliphatic rings. The highest BCUT2D eigenvalue weighted by atomic mass is 35.5. The molecule has 8 heteroatoms. The van der Waals surface area contributed by atoms with Crippen LogP contribution < -0.4 is 4.74 Å². The van der Waals surface area contributed by atoms with Crippen molar-refractivity contribution in [3.05, 3.63) is 50.4 Å². The van der Waals surface area contributed by atoms with Gasteiger partial charge in [-0.1, -0.05) is 11.6 Å². The molecule has 0 atom stereocenters. The van der Waals surface area contributed by atoms with Crippen LogP contribution in [0.4, 0.5) is 0 Å². The summed E-state index contributed by atoms with van der Waals surface area (Å²) in [6.07, 6.45) is 0. The van der Waals surface area contributed by atoms with E-state index in [0.717, 1.165) is 28.0 Å². The van der Waals surface area contributed by atoms with Gasteiger partial charge in [-0.2, -0.15) is 5.10 Å². The quantitative estimate of drug-likeness (QED) is 0.579. The van der Waals surface area contributed by atoms with Crippen LogP contribution in [0.25, 0.3) is 11.4 Å². The highest BCUT2D eigenvalue weighted by Crippen LogP contribution is 2.23. The van der Waals surface area contributed by atoms with E-state index in [1.807, 2.05) is 59.7 Å². The number of thiophene rings is 1. The van der Waals surface area contributed by atoms with Crippen molar-refractivity contribution in [2.75, 3.05) is 14.2 Å². The van der Waals surface area contributed by atoms with Crippen molar-refractivity contribution in [3.63, 3.8) is 0 Å². The number of hydrogen-bond donors (Lipinski definition) is 0. The molecule has 0 aliphatic heterocycles. The number of nitrogens with zero attached hydrogens (tertiary/aromatic N) is 4. The Bertz CT molecular complexity index is 914. The van der Waals surface area contributed by atoms with Gasteiger partial charge in [0.1, 0.15) is 5.75 Å². The maximum Gasteiger partial charge on any atom is 0.199 e. The summed E-state index contributed by atoms with van der Waals surface area (Å²) in [7, 11) is 5.63. The predicted molar refractivity (Wildman–Crippen MR) is 105 cm³/mol. The number of ether oxygens (including phenoxy) is 1. The summed E-state index contributed by atoms with van der Waals surface area (Å²) in [6, 6.07) is 11.8. The molecule has 25 heavy (non-hydrogen) atoms. The SMILES string of the molecule is COc1ccc(-c2nn(CN(C)Cc3ccc(Cl)s3)c(=S)n2C)cc1. The number of hydrogen-bond acceptors (Lipinski definition) is 5. The molecule has 2 heterocycles. The molecular weight excluding hydrogens is 376 g/mol. The Hall–Kier alpha value is -1.67. The van der Waals surface area contributed by atoms with Crippen LogP contribution in [0.1, 0.15) is 4.88 Å². The number of rotatable bonds is 6. The largest absolute Gasteiger partial charge is 0.497 e. The second-order valence-corrected chi connectivity index (χ2v) is 7.92. The van der Waals surface area contributed by atoms with Crippen LogP contribution in [0.2, 0.25) is 4.34 Å². The van der Waals surface area contributed by atoms with Crippen molar-refractivity contribution >= 4 is 35.2 Å². The van der Waals surface area contributed by atoms with Gasteiger partial charge in [-0.3, -0.25) is 4.90 Å². The average Bonchev–Trinajstić information content (AvgIpc) is 3.13. The summed E-state index contributed by atoms with van der Waals surface area (Å²) in [5.74, 6) is 1.65. The first kappa shape index (κ1) is 18.1. The standard InChI is InChI=1S/C17H19ClN4OS2/c1-20(10-14-8-9-15(18)25-14)11-22-17(24)21(2)16(19-22)12-4-6-13(23-3)7-5-12/h4-9H,10-11H2,1-3H3. The minimum Gasteiger partial charge on any atom is -0.497 e. The molecule has 3 aromatic rings. The summed E-state index contributed by atoms with van der Waals surface area (Å²) in [5.41, 5.74) is 1.00. The zero-order chi connectivity index (χ0) is 18.0. The molecule has 2 aromatic heterocycles. The second-order valence-electron chi connectivity index (χ2n) is 5.75. The van der Waals surface area contributed by atoms with Gasteiger partial charge in [-0.05, 0) is 55.7 Å². The van der Waals surface area contributed by atoms with Crippen molar-refractivity contribution in [3.8, 4) is 17.1 Å². The summed E-state index contributed by atoms with van der Waals surface area (Å²) < 4.78 is 10.5. The van der Waals surface area contributed by atoms with E-state index in [4.69, 9.17) is 33.7 Å². The molecule has 0 amide bonds. The first-order valence-corrected chi connectivity index (χ1v) is 9.29. The van der Waals surface area contributed by atoms with Crippen LogP contribution in [-0.4, -0.2) is 33.4 Å². The van der Waals surface area contributed by atoms with Gasteiger partial charge in [0.25, 0.3) is 0 Å². The van der Waals surface area contributed by atoms with E-state index < -0.39 is 0 Å². The first-order chi connectivity index (χ1) is 12.0. The van der Waals surface area contributed by atoms with Gasteiger partial charge in [0.2, 0.25) is 0 Å². The molecule has 0 unspecified atom stereocenters. The lowest BCUT2D eigenvalue weighted by atomic mass is 10.2. The van der Waals surface area contributed by atoms with Crippen molar-refractivity contribution in [1.29, 1.82) is 0 Å². The van der Waals surface area contributed by atoms with E-state index in [2.05, 4.69) is 4.90 Å². The van der Waals surface area contributed by atoms with Gasteiger partial charge in [0, 0.05) is 24.0 Å². The molecule has 0 saturated heterocycles. The maximum absolute atomic E-state index is 6.00. The van der Waals surface area contributed by atoms with E-state index in [0.29, 0.717) is 11.4 Å². The molecule has 0 radical (unpaired) electrons. The third-order valence-electron chi connectivity index (χ3n) is 3.82. The van der Waals surface area contributed by atoms with Crippen molar-refractivity contribution < 1.29 is 4.74 Å². The Labute approximate surface area is 161 Å². The molecule has 3 rings (SSSR count). The van der Waals surface area contributed by atoms with E-state index in [9.17, 15) is 0 Å². The lowest BCUT2D eigenvalue weighted by molar-refractivity contribution is 0.246. The van der Waals surface area contributed by atoms with Gasteiger partial charge in [0.15, 0.2) is 10.6 Å². The summed E-state index contributed by atoms with van der Waals surface area (Å²) in [4.78, 5) is 3.37. The van der Waals surface area contributed by atoms with Gasteiger partial charge < -0.3 is 9.30 Å². The molecule has 0 aliphatic carbocycles. The van der Waals surface area contributed by atoms with E-state index in [1.165, 1.54) is 4.88 Å². The summed E-state index contributed by atoms with van der Waals surface area (Å²) >= 11 is 13.1. The van der Waals surface area contributed by atoms with Gasteiger partial charge in [-0.15, -0.1) is 11.3 Å². The molecule has 0 fully saturated rings. The monoisotopic (exact) mass is 394 g/mol. The van der Waals surface area contributed by atoms with Gasteiger partial charge >= 0.3 is 0 Å². The van der Waals surface area contributed by atoms with Crippen molar-refractivity contribution in [2.45, 2.75) is 13.2 Å². The first-order valence-electron chi connectivity index (χ1n) is 7.69. The van der Waals surface area contributed by atoms with Crippen LogP contribution in [0, 0.1) is 4.77 Å². The zero-order valence-electron chi connectivity index (χ0n) is 14.3. The highest BCUT2D eigenvalue weighted by Gasteiger charge is 2.12. The van der Waals surface area contributed by atoms with Crippen molar-refractivity contribution in [1.82, 2.24) is 19.2 Å². The normalized spacial score (nSPS) is 11.2. The molecule has 0 saturated carbocycles. The lowest BCUT2D eigenvalue weighted by Crippen LogP contribution is -2.22. The van der Waals surface area contributed by atoms with Crippen molar-refractivity contribution in [2.24, 2.45) is 7.05 Å². The fraction of sp³-hybridized carbons (Fsp3) is 0.294. The minimum atomic E-state index is 0.609. The third-order valence-corrected chi connectivity index (χ3v) is 5.52. The van der Waals surface area contributed by atoms with Gasteiger partial charge in [-0.25, -0.2) is 4.68 Å². The Morgan fingerprint density at radius 3 is 2.56 bits per heavy atom. The molecule has 0 bridgehead atoms. The number of aromatic nitrogens is 3. The molecule has 132 valence electrons. The predicted octanol–water partition coefficient (Wildman–Crippen LogP) is 4.43.